The predicted octanol–water partition coefficient (Wildman–Crippen LogP) is 0.489. The lowest BCUT2D eigenvalue weighted by molar-refractivity contribution is 0.0696. The Morgan fingerprint density at radius 3 is 3.06 bits per heavy atom. The fourth-order valence-electron chi connectivity index (χ4n) is 1.36. The van der Waals surface area contributed by atoms with Gasteiger partial charge in [-0.25, -0.2) is 14.2 Å². The highest BCUT2D eigenvalue weighted by atomic mass is 19.1. The Kier molecular flexibility index (Phi) is 3.17. The molecule has 90 valence electrons. The Labute approximate surface area is 96.6 Å². The monoisotopic (exact) mass is 238 g/mol. The molecule has 1 unspecified atom stereocenters. The van der Waals surface area contributed by atoms with Gasteiger partial charge in [-0.3, -0.25) is 4.98 Å². The fraction of sp³-hybridized carbons (Fsp3) is 0.300. The van der Waals surface area contributed by atoms with Crippen LogP contribution in [0.5, 0.6) is 0 Å². The van der Waals surface area contributed by atoms with Gasteiger partial charge in [0.25, 0.3) is 0 Å². The van der Waals surface area contributed by atoms with Crippen molar-refractivity contribution in [1.29, 1.82) is 0 Å². The van der Waals surface area contributed by atoms with Crippen molar-refractivity contribution in [1.82, 2.24) is 10.3 Å². The minimum absolute atomic E-state index is 0.0785. The molecule has 0 fully saturated rings. The quantitative estimate of drug-likeness (QED) is 0.698. The summed E-state index contributed by atoms with van der Waals surface area (Å²) in [6, 6.07) is 1.43. The average Bonchev–Trinajstić information content (AvgIpc) is 2.32. The topological polar surface area (TPSA) is 86.6 Å². The molecule has 1 atom stereocenters. The van der Waals surface area contributed by atoms with Gasteiger partial charge in [0, 0.05) is 6.20 Å². The summed E-state index contributed by atoms with van der Waals surface area (Å²) in [5.41, 5.74) is 0.572. The van der Waals surface area contributed by atoms with Crippen molar-refractivity contribution in [2.45, 2.75) is 6.17 Å². The number of pyridine rings is 1. The van der Waals surface area contributed by atoms with Crippen molar-refractivity contribution >= 4 is 17.6 Å². The van der Waals surface area contributed by atoms with Gasteiger partial charge in [-0.1, -0.05) is 0 Å². The molecular formula is C10H11FN4O2. The number of hydrogen-bond acceptors (Lipinski definition) is 5. The molecule has 0 bridgehead atoms. The van der Waals surface area contributed by atoms with Crippen LogP contribution in [0.1, 0.15) is 10.4 Å². The third-order valence-electron chi connectivity index (χ3n) is 2.19. The molecule has 1 aliphatic rings. The van der Waals surface area contributed by atoms with Crippen molar-refractivity contribution in [2.24, 2.45) is 4.99 Å². The van der Waals surface area contributed by atoms with Crippen LogP contribution in [0, 0.1) is 0 Å². The van der Waals surface area contributed by atoms with E-state index in [1.807, 2.05) is 0 Å². The lowest BCUT2D eigenvalue weighted by Crippen LogP contribution is -2.40. The summed E-state index contributed by atoms with van der Waals surface area (Å²) in [6.07, 6.45) is 1.74. The molecule has 6 nitrogen and oxygen atoms in total. The van der Waals surface area contributed by atoms with Crippen LogP contribution >= 0.6 is 0 Å². The van der Waals surface area contributed by atoms with Crippen molar-refractivity contribution < 1.29 is 14.3 Å². The number of carboxylic acids is 1. The lowest BCUT2D eigenvalue weighted by Gasteiger charge is -2.18. The van der Waals surface area contributed by atoms with Gasteiger partial charge in [0.1, 0.15) is 6.17 Å². The third-order valence-corrected chi connectivity index (χ3v) is 2.19. The number of guanidine groups is 1. The van der Waals surface area contributed by atoms with E-state index in [1.165, 1.54) is 18.5 Å². The summed E-state index contributed by atoms with van der Waals surface area (Å²) in [7, 11) is 0. The number of nitrogens with one attached hydrogen (secondary N) is 2. The number of aromatic nitrogens is 1. The van der Waals surface area contributed by atoms with Crippen LogP contribution in [0.2, 0.25) is 0 Å². The SMILES string of the molecule is O=C(O)c1cncc(NC2=NCC(F)CN2)c1. The third kappa shape index (κ3) is 2.90. The van der Waals surface area contributed by atoms with Crippen molar-refractivity contribution in [3.63, 3.8) is 0 Å². The van der Waals surface area contributed by atoms with Gasteiger partial charge >= 0.3 is 5.97 Å². The highest BCUT2D eigenvalue weighted by Crippen LogP contribution is 2.09. The summed E-state index contributed by atoms with van der Waals surface area (Å²) in [4.78, 5) is 18.4. The van der Waals surface area contributed by atoms with Gasteiger partial charge in [-0.05, 0) is 6.07 Å². The molecule has 2 heterocycles. The van der Waals surface area contributed by atoms with Gasteiger partial charge in [0.15, 0.2) is 5.96 Å². The van der Waals surface area contributed by atoms with Crippen LogP contribution in [0.3, 0.4) is 0 Å². The average molecular weight is 238 g/mol. The zero-order chi connectivity index (χ0) is 12.3. The molecular weight excluding hydrogens is 227 g/mol. The molecule has 3 N–H and O–H groups in total. The Morgan fingerprint density at radius 1 is 1.59 bits per heavy atom. The van der Waals surface area contributed by atoms with Gasteiger partial charge in [-0.2, -0.15) is 0 Å². The normalized spacial score (nSPS) is 19.1. The molecule has 1 aromatic rings. The van der Waals surface area contributed by atoms with Crippen molar-refractivity contribution in [2.75, 3.05) is 18.4 Å². The highest BCUT2D eigenvalue weighted by molar-refractivity contribution is 5.95. The van der Waals surface area contributed by atoms with Crippen LogP contribution in [0.15, 0.2) is 23.5 Å². The summed E-state index contributed by atoms with van der Waals surface area (Å²) in [5, 5.41) is 14.4. The fourth-order valence-corrected chi connectivity index (χ4v) is 1.36. The molecule has 0 spiro atoms. The summed E-state index contributed by atoms with van der Waals surface area (Å²) < 4.78 is 12.8. The van der Waals surface area contributed by atoms with E-state index in [-0.39, 0.29) is 18.7 Å². The zero-order valence-electron chi connectivity index (χ0n) is 8.85. The molecule has 0 radical (unpaired) electrons. The minimum Gasteiger partial charge on any atom is -0.478 e. The number of nitrogens with zero attached hydrogens (tertiary/aromatic N) is 2. The first-order valence-electron chi connectivity index (χ1n) is 5.03. The maximum absolute atomic E-state index is 12.8. The first kappa shape index (κ1) is 11.3. The van der Waals surface area contributed by atoms with Crippen molar-refractivity contribution in [3.8, 4) is 0 Å². The smallest absolute Gasteiger partial charge is 0.337 e. The first-order valence-corrected chi connectivity index (χ1v) is 5.03. The van der Waals surface area contributed by atoms with E-state index in [2.05, 4.69) is 20.6 Å². The second-order valence-corrected chi connectivity index (χ2v) is 3.56. The van der Waals surface area contributed by atoms with Crippen LogP contribution in [-0.2, 0) is 0 Å². The zero-order valence-corrected chi connectivity index (χ0v) is 8.85. The highest BCUT2D eigenvalue weighted by Gasteiger charge is 2.13. The second kappa shape index (κ2) is 4.77. The Balaban J connectivity index is 2.08. The number of hydrogen-bond donors (Lipinski definition) is 3. The Morgan fingerprint density at radius 2 is 2.41 bits per heavy atom. The molecule has 2 rings (SSSR count). The maximum Gasteiger partial charge on any atom is 0.337 e. The molecule has 0 saturated heterocycles. The van der Waals surface area contributed by atoms with E-state index >= 15 is 0 Å². The number of carbonyl (C=O) groups is 1. The molecule has 0 amide bonds. The van der Waals surface area contributed by atoms with E-state index in [0.717, 1.165) is 0 Å². The molecule has 1 aromatic heterocycles. The van der Waals surface area contributed by atoms with E-state index in [4.69, 9.17) is 5.11 Å². The van der Waals surface area contributed by atoms with Crippen molar-refractivity contribution in [3.05, 3.63) is 24.0 Å². The Hall–Kier alpha value is -2.18. The lowest BCUT2D eigenvalue weighted by atomic mass is 10.2. The van der Waals surface area contributed by atoms with Gasteiger partial charge in [0.05, 0.1) is 30.5 Å². The number of rotatable bonds is 2. The maximum atomic E-state index is 12.8. The number of carboxylic acid groups (broad SMARTS) is 1. The number of anilines is 1. The van der Waals surface area contributed by atoms with Gasteiger partial charge in [0.2, 0.25) is 0 Å². The predicted molar refractivity (Wildman–Crippen MR) is 60.0 cm³/mol. The van der Waals surface area contributed by atoms with E-state index in [0.29, 0.717) is 11.6 Å². The summed E-state index contributed by atoms with van der Waals surface area (Å²) >= 11 is 0. The summed E-state index contributed by atoms with van der Waals surface area (Å²) in [5.74, 6) is -0.633. The Bertz CT molecular complexity index is 463. The van der Waals surface area contributed by atoms with E-state index < -0.39 is 12.1 Å². The van der Waals surface area contributed by atoms with Crippen LogP contribution in [-0.4, -0.2) is 41.3 Å². The van der Waals surface area contributed by atoms with Crippen LogP contribution < -0.4 is 10.6 Å². The molecule has 7 heteroatoms. The largest absolute Gasteiger partial charge is 0.478 e. The molecule has 0 aromatic carbocycles. The second-order valence-electron chi connectivity index (χ2n) is 3.56. The molecule has 0 saturated carbocycles. The first-order chi connectivity index (χ1) is 8.15. The standard InChI is InChI=1S/C10H11FN4O2/c11-7-3-13-10(14-4-7)15-8-1-6(9(16)17)2-12-5-8/h1-2,5,7H,3-4H2,(H,16,17)(H2,13,14,15). The van der Waals surface area contributed by atoms with Crippen LogP contribution in [0.4, 0.5) is 10.1 Å². The van der Waals surface area contributed by atoms with Crippen LogP contribution in [0.25, 0.3) is 0 Å². The molecule has 1 aliphatic heterocycles. The number of halogens is 1. The number of aliphatic imine (C=N–C) groups is 1. The molecule has 17 heavy (non-hydrogen) atoms. The molecule has 0 aliphatic carbocycles. The summed E-state index contributed by atoms with van der Waals surface area (Å²) in [6.45, 7) is 0.291. The number of alkyl halides is 1. The van der Waals surface area contributed by atoms with E-state index in [9.17, 15) is 9.18 Å². The van der Waals surface area contributed by atoms with E-state index in [1.54, 1.807) is 0 Å². The van der Waals surface area contributed by atoms with Gasteiger partial charge < -0.3 is 15.7 Å². The number of aromatic carboxylic acids is 1. The minimum atomic E-state index is -1.05. The van der Waals surface area contributed by atoms with Gasteiger partial charge in [-0.15, -0.1) is 0 Å².